The summed E-state index contributed by atoms with van der Waals surface area (Å²) in [4.78, 5) is 118. The number of nitrogens with zero attached hydrogens (tertiary/aromatic N) is 3. The van der Waals surface area contributed by atoms with Gasteiger partial charge in [0.2, 0.25) is 35.4 Å². The Bertz CT molecular complexity index is 2710. The van der Waals surface area contributed by atoms with Gasteiger partial charge in [-0.1, -0.05) is 36.4 Å². The number of hydrogen-bond donors (Lipinski definition) is 15. The molecule has 25 heteroatoms. The number of aromatic amines is 3. The molecule has 0 saturated heterocycles. The summed E-state index contributed by atoms with van der Waals surface area (Å²) in [5.74, 6) is -6.03. The van der Waals surface area contributed by atoms with Crippen molar-refractivity contribution in [3.8, 4) is 0 Å². The second kappa shape index (κ2) is 27.8. The molecule has 0 fully saturated rings. The molecule has 6 atom stereocenters. The molecule has 0 aliphatic carbocycles. The Morgan fingerprint density at radius 3 is 1.44 bits per heavy atom. The van der Waals surface area contributed by atoms with Crippen molar-refractivity contribution in [3.63, 3.8) is 0 Å². The molecule has 3 aromatic heterocycles. The van der Waals surface area contributed by atoms with Crippen LogP contribution in [-0.2, 0) is 52.8 Å². The van der Waals surface area contributed by atoms with Gasteiger partial charge in [0, 0.05) is 85.4 Å². The first-order chi connectivity index (χ1) is 35.0. The van der Waals surface area contributed by atoms with E-state index >= 15 is 0 Å². The molecular formula is C48H67N17O8. The predicted octanol–water partition coefficient (Wildman–Crippen LogP) is -1.35. The fourth-order valence-corrected chi connectivity index (χ4v) is 8.19. The van der Waals surface area contributed by atoms with Crippen LogP contribution in [0.3, 0.4) is 0 Å². The van der Waals surface area contributed by atoms with Crippen molar-refractivity contribution in [2.24, 2.45) is 38.7 Å². The van der Waals surface area contributed by atoms with Crippen LogP contribution < -0.4 is 60.6 Å². The van der Waals surface area contributed by atoms with Crippen LogP contribution >= 0.6 is 0 Å². The Balaban J connectivity index is 1.44. The number of unbranched alkanes of at least 4 members (excludes halogenated alkanes) is 1. The van der Waals surface area contributed by atoms with E-state index in [2.05, 4.69) is 61.8 Å². The molecule has 0 unspecified atom stereocenters. The highest BCUT2D eigenvalue weighted by Gasteiger charge is 2.34. The molecule has 5 rings (SSSR count). The summed E-state index contributed by atoms with van der Waals surface area (Å²) in [5.41, 5.74) is 31.1. The van der Waals surface area contributed by atoms with Crippen molar-refractivity contribution in [1.29, 1.82) is 0 Å². The van der Waals surface area contributed by atoms with Crippen LogP contribution in [0.5, 0.6) is 0 Å². The van der Waals surface area contributed by atoms with Gasteiger partial charge in [-0.3, -0.25) is 38.8 Å². The molecule has 0 saturated carbocycles. The van der Waals surface area contributed by atoms with Gasteiger partial charge in [-0.2, -0.15) is 0 Å². The van der Waals surface area contributed by atoms with Crippen LogP contribution in [0.15, 0.2) is 83.4 Å². The first-order valence-corrected chi connectivity index (χ1v) is 23.9. The summed E-state index contributed by atoms with van der Waals surface area (Å²) in [7, 11) is 0. The summed E-state index contributed by atoms with van der Waals surface area (Å²) < 4.78 is 0. The van der Waals surface area contributed by atoms with Crippen molar-refractivity contribution in [2.45, 2.75) is 107 Å². The van der Waals surface area contributed by atoms with E-state index < -0.39 is 77.7 Å². The second-order valence-corrected chi connectivity index (χ2v) is 17.5. The Labute approximate surface area is 420 Å². The van der Waals surface area contributed by atoms with Gasteiger partial charge < -0.3 is 80.6 Å². The number of carbonyl (C=O) groups excluding carboxylic acids is 6. The van der Waals surface area contributed by atoms with Crippen molar-refractivity contribution < 1.29 is 38.7 Å². The van der Waals surface area contributed by atoms with Crippen LogP contribution in [-0.4, -0.2) is 134 Å². The SMILES string of the molecule is CC(=O)N[C@@H](Cc1c[nH]c2ccccc12)C(=O)N[C@@H](Cc1cnc[nH]1)C(=O)N[C@@H](Cc1c[nH]c2ccccc12)C(=O)N[C@@H](CCCN=C(N)N)C(=O)N[C@@H](CCCCN)C(=O)N[C@@H](CCCN=C(N)N)C(=O)O. The van der Waals surface area contributed by atoms with Gasteiger partial charge in [-0.25, -0.2) is 9.78 Å². The Morgan fingerprint density at radius 1 is 0.562 bits per heavy atom. The van der Waals surface area contributed by atoms with Crippen molar-refractivity contribution in [2.75, 3.05) is 19.6 Å². The number of hydrogen-bond acceptors (Lipinski definition) is 11. The number of aliphatic imine (C=N–C) groups is 2. The quantitative estimate of drug-likeness (QED) is 0.0144. The van der Waals surface area contributed by atoms with Gasteiger partial charge in [-0.05, 0) is 74.8 Å². The maximum Gasteiger partial charge on any atom is 0.326 e. The molecular weight excluding hydrogens is 943 g/mol. The van der Waals surface area contributed by atoms with E-state index in [9.17, 15) is 38.7 Å². The van der Waals surface area contributed by atoms with Gasteiger partial charge in [0.25, 0.3) is 0 Å². The third-order valence-corrected chi connectivity index (χ3v) is 11.9. The lowest BCUT2D eigenvalue weighted by molar-refractivity contribution is -0.142. The van der Waals surface area contributed by atoms with E-state index in [-0.39, 0.29) is 82.9 Å². The molecule has 6 amide bonds. The number of carboxylic acids is 1. The molecule has 0 spiro atoms. The van der Waals surface area contributed by atoms with Crippen molar-refractivity contribution >= 4 is 75.1 Å². The zero-order chi connectivity index (χ0) is 52.9. The molecule has 3 heterocycles. The number of amides is 6. The van der Waals surface area contributed by atoms with Gasteiger partial charge >= 0.3 is 5.97 Å². The number of rotatable bonds is 30. The third kappa shape index (κ3) is 17.4. The fraction of sp³-hybridized carbons (Fsp3) is 0.417. The Kier molecular flexibility index (Phi) is 21.1. The number of aromatic nitrogens is 4. The molecule has 0 bridgehead atoms. The first kappa shape index (κ1) is 55.4. The molecule has 20 N–H and O–H groups in total. The minimum absolute atomic E-state index is 0.0261. The van der Waals surface area contributed by atoms with Gasteiger partial charge in [0.1, 0.15) is 36.3 Å². The first-order valence-electron chi connectivity index (χ1n) is 23.9. The van der Waals surface area contributed by atoms with E-state index in [0.717, 1.165) is 27.4 Å². The summed E-state index contributed by atoms with van der Waals surface area (Å²) in [6, 6.07) is 6.98. The van der Waals surface area contributed by atoms with Crippen LogP contribution in [0, 0.1) is 0 Å². The highest BCUT2D eigenvalue weighted by molar-refractivity contribution is 5.98. The summed E-state index contributed by atoms with van der Waals surface area (Å²) in [6.45, 7) is 1.74. The monoisotopic (exact) mass is 1010 g/mol. The maximum atomic E-state index is 14.8. The number of benzene rings is 2. The molecule has 73 heavy (non-hydrogen) atoms. The number of fused-ring (bicyclic) bond motifs is 2. The smallest absolute Gasteiger partial charge is 0.326 e. The van der Waals surface area contributed by atoms with E-state index in [1.807, 2.05) is 48.5 Å². The molecule has 392 valence electrons. The number of carbonyl (C=O) groups is 7. The van der Waals surface area contributed by atoms with Crippen LogP contribution in [0.4, 0.5) is 0 Å². The lowest BCUT2D eigenvalue weighted by Gasteiger charge is -2.27. The van der Waals surface area contributed by atoms with Crippen LogP contribution in [0.25, 0.3) is 21.8 Å². The fourth-order valence-electron chi connectivity index (χ4n) is 8.19. The molecule has 5 aromatic rings. The number of guanidine groups is 2. The summed E-state index contributed by atoms with van der Waals surface area (Å²) >= 11 is 0. The van der Waals surface area contributed by atoms with Gasteiger partial charge in [-0.15, -0.1) is 0 Å². The van der Waals surface area contributed by atoms with E-state index in [1.54, 1.807) is 12.4 Å². The molecule has 0 radical (unpaired) electrons. The maximum absolute atomic E-state index is 14.8. The van der Waals surface area contributed by atoms with E-state index in [0.29, 0.717) is 24.1 Å². The Morgan fingerprint density at radius 2 is 0.986 bits per heavy atom. The molecule has 25 nitrogen and oxygen atoms in total. The third-order valence-electron chi connectivity index (χ3n) is 11.9. The minimum Gasteiger partial charge on any atom is -0.480 e. The van der Waals surface area contributed by atoms with Crippen LogP contribution in [0.1, 0.15) is 68.7 Å². The highest BCUT2D eigenvalue weighted by Crippen LogP contribution is 2.21. The second-order valence-electron chi connectivity index (χ2n) is 17.5. The zero-order valence-corrected chi connectivity index (χ0v) is 40.6. The van der Waals surface area contributed by atoms with Crippen molar-refractivity contribution in [3.05, 3.63) is 90.3 Å². The van der Waals surface area contributed by atoms with Crippen LogP contribution in [0.2, 0.25) is 0 Å². The number of nitrogens with one attached hydrogen (secondary N) is 9. The Hall–Kier alpha value is -8.48. The number of aliphatic carboxylic acids is 1. The minimum atomic E-state index is -1.39. The van der Waals surface area contributed by atoms with Gasteiger partial charge in [0.15, 0.2) is 11.9 Å². The standard InChI is InChI=1S/C48H67N17O8/c1-27(66)60-38(20-28-23-57-33-12-4-2-10-31(28)33)43(69)65-40(22-30-25-54-26-59-30)45(71)64-39(21-29-24-58-34-13-5-3-11-32(29)34)44(70)62-36(15-8-18-55-47(50)51)41(67)61-35(14-6-7-17-49)42(68)63-37(46(72)73)16-9-19-56-48(52)53/h2-5,10-13,23-26,35-40,57-58H,6-9,14-22,49H2,1H3,(H,54,59)(H,60,66)(H,61,67)(H,62,70)(H,63,68)(H,64,71)(H,65,69)(H,72,73)(H4,50,51,55)(H4,52,53,56)/t35-,36-,37-,38-,39-,40-/m0/s1. The summed E-state index contributed by atoms with van der Waals surface area (Å²) in [5, 5.41) is 27.8. The number of imidazole rings is 1. The largest absolute Gasteiger partial charge is 0.480 e. The van der Waals surface area contributed by atoms with Gasteiger partial charge in [0.05, 0.1) is 6.33 Å². The van der Waals surface area contributed by atoms with Crippen molar-refractivity contribution in [1.82, 2.24) is 51.8 Å². The topological polar surface area (TPSA) is 427 Å². The molecule has 2 aromatic carbocycles. The molecule has 0 aliphatic heterocycles. The number of nitrogens with two attached hydrogens (primary N) is 5. The lowest BCUT2D eigenvalue weighted by atomic mass is 10.0. The van der Waals surface area contributed by atoms with E-state index in [4.69, 9.17) is 28.7 Å². The average Bonchev–Trinajstić information content (AvgIpc) is 4.13. The number of carboxylic acid groups (broad SMARTS) is 1. The molecule has 0 aliphatic rings. The zero-order valence-electron chi connectivity index (χ0n) is 40.6. The highest BCUT2D eigenvalue weighted by atomic mass is 16.4. The normalized spacial score (nSPS) is 13.6. The number of para-hydroxylation sites is 2. The summed E-state index contributed by atoms with van der Waals surface area (Å²) in [6.07, 6.45) is 7.42. The lowest BCUT2D eigenvalue weighted by Crippen LogP contribution is -2.60. The number of H-pyrrole nitrogens is 3. The predicted molar refractivity (Wildman–Crippen MR) is 274 cm³/mol. The van der Waals surface area contributed by atoms with E-state index in [1.165, 1.54) is 19.4 Å². The average molecular weight is 1010 g/mol.